The van der Waals surface area contributed by atoms with Crippen LogP contribution in [0.25, 0.3) is 0 Å². The van der Waals surface area contributed by atoms with Crippen molar-refractivity contribution in [2.45, 2.75) is 38.4 Å². The van der Waals surface area contributed by atoms with Crippen molar-refractivity contribution in [3.63, 3.8) is 0 Å². The van der Waals surface area contributed by atoms with Gasteiger partial charge in [-0.05, 0) is 61.3 Å². The van der Waals surface area contributed by atoms with Gasteiger partial charge in [-0.25, -0.2) is 0 Å². The first-order valence-corrected chi connectivity index (χ1v) is 7.39. The zero-order chi connectivity index (χ0) is 14.2. The van der Waals surface area contributed by atoms with Crippen molar-refractivity contribution < 1.29 is 13.2 Å². The maximum Gasteiger partial charge on any atom is 0.416 e. The third-order valence-corrected chi connectivity index (χ3v) is 4.90. The fourth-order valence-corrected chi connectivity index (χ4v) is 3.84. The Bertz CT molecular complexity index is 452. The zero-order valence-corrected chi connectivity index (χ0v) is 11.4. The molecule has 2 aliphatic carbocycles. The monoisotopic (exact) mass is 283 g/mol. The average molecular weight is 283 g/mol. The molecule has 0 heterocycles. The van der Waals surface area contributed by atoms with Gasteiger partial charge in [0.25, 0.3) is 0 Å². The molecule has 0 radical (unpaired) electrons. The maximum atomic E-state index is 12.4. The fraction of sp³-hybridized carbons (Fsp3) is 0.625. The highest BCUT2D eigenvalue weighted by molar-refractivity contribution is 5.24. The van der Waals surface area contributed by atoms with Crippen LogP contribution in [-0.4, -0.2) is 6.54 Å². The normalized spacial score (nSPS) is 29.1. The predicted molar refractivity (Wildman–Crippen MR) is 72.1 cm³/mol. The fourth-order valence-electron chi connectivity index (χ4n) is 3.84. The molecule has 3 unspecified atom stereocenters. The van der Waals surface area contributed by atoms with Gasteiger partial charge in [-0.3, -0.25) is 0 Å². The minimum absolute atomic E-state index is 0.575. The van der Waals surface area contributed by atoms with Crippen molar-refractivity contribution in [2.75, 3.05) is 6.54 Å². The van der Waals surface area contributed by atoms with Crippen LogP contribution >= 0.6 is 0 Å². The van der Waals surface area contributed by atoms with E-state index in [1.54, 1.807) is 12.1 Å². The van der Waals surface area contributed by atoms with Gasteiger partial charge in [0.15, 0.2) is 0 Å². The molecule has 0 aliphatic heterocycles. The van der Waals surface area contributed by atoms with Crippen LogP contribution in [0, 0.1) is 17.8 Å². The number of hydrogen-bond donors (Lipinski definition) is 1. The third-order valence-electron chi connectivity index (χ3n) is 4.90. The molecule has 3 atom stereocenters. The maximum absolute atomic E-state index is 12.4. The van der Waals surface area contributed by atoms with Gasteiger partial charge in [0.1, 0.15) is 0 Å². The van der Waals surface area contributed by atoms with E-state index in [1.807, 2.05) is 0 Å². The Morgan fingerprint density at radius 2 is 1.80 bits per heavy atom. The Kier molecular flexibility index (Phi) is 3.76. The first-order chi connectivity index (χ1) is 9.52. The number of halogens is 3. The number of rotatable bonds is 4. The molecule has 2 bridgehead atoms. The van der Waals surface area contributed by atoms with Crippen LogP contribution in [0.3, 0.4) is 0 Å². The number of fused-ring (bicyclic) bond motifs is 2. The summed E-state index contributed by atoms with van der Waals surface area (Å²) in [7, 11) is 0. The van der Waals surface area contributed by atoms with E-state index >= 15 is 0 Å². The summed E-state index contributed by atoms with van der Waals surface area (Å²) < 4.78 is 37.3. The lowest BCUT2D eigenvalue weighted by Gasteiger charge is -2.22. The van der Waals surface area contributed by atoms with Crippen LogP contribution in [0.1, 0.15) is 36.8 Å². The van der Waals surface area contributed by atoms with Crippen LogP contribution in [0.4, 0.5) is 13.2 Å². The third kappa shape index (κ3) is 3.00. The molecule has 0 amide bonds. The highest BCUT2D eigenvalue weighted by Crippen LogP contribution is 2.47. The van der Waals surface area contributed by atoms with E-state index in [1.165, 1.54) is 25.7 Å². The van der Waals surface area contributed by atoms with Crippen LogP contribution in [0.2, 0.25) is 0 Å². The number of alkyl halides is 3. The molecule has 0 aromatic heterocycles. The molecule has 4 heteroatoms. The van der Waals surface area contributed by atoms with Crippen molar-refractivity contribution in [1.82, 2.24) is 5.32 Å². The Balaban J connectivity index is 1.47. The first-order valence-electron chi connectivity index (χ1n) is 7.39. The van der Waals surface area contributed by atoms with Gasteiger partial charge in [-0.1, -0.05) is 18.6 Å². The minimum atomic E-state index is -4.24. The smallest absolute Gasteiger partial charge is 0.312 e. The highest BCUT2D eigenvalue weighted by Gasteiger charge is 2.38. The van der Waals surface area contributed by atoms with Gasteiger partial charge in [0.2, 0.25) is 0 Å². The second-order valence-electron chi connectivity index (χ2n) is 6.26. The lowest BCUT2D eigenvalue weighted by Crippen LogP contribution is -2.26. The van der Waals surface area contributed by atoms with Gasteiger partial charge < -0.3 is 5.32 Å². The Hall–Kier alpha value is -1.03. The number of hydrogen-bond acceptors (Lipinski definition) is 1. The SMILES string of the molecule is FC(F)(F)c1ccc(CNCC2CC3CCC2C3)cc1. The van der Waals surface area contributed by atoms with E-state index in [2.05, 4.69) is 5.32 Å². The first kappa shape index (κ1) is 13.9. The molecule has 110 valence electrons. The van der Waals surface area contributed by atoms with E-state index in [9.17, 15) is 13.2 Å². The van der Waals surface area contributed by atoms with Crippen LogP contribution in [0.15, 0.2) is 24.3 Å². The molecular formula is C16H20F3N. The summed E-state index contributed by atoms with van der Waals surface area (Å²) in [6.07, 6.45) is 1.27. The predicted octanol–water partition coefficient (Wildman–Crippen LogP) is 4.23. The second-order valence-corrected chi connectivity index (χ2v) is 6.26. The second kappa shape index (κ2) is 5.40. The van der Waals surface area contributed by atoms with Gasteiger partial charge in [0, 0.05) is 6.54 Å². The molecule has 3 rings (SSSR count). The van der Waals surface area contributed by atoms with E-state index in [4.69, 9.17) is 0 Å². The van der Waals surface area contributed by atoms with Crippen LogP contribution in [0.5, 0.6) is 0 Å². The Morgan fingerprint density at radius 1 is 1.05 bits per heavy atom. The van der Waals surface area contributed by atoms with E-state index in [0.29, 0.717) is 6.54 Å². The highest BCUT2D eigenvalue weighted by atomic mass is 19.4. The Labute approximate surface area is 117 Å². The van der Waals surface area contributed by atoms with E-state index in [-0.39, 0.29) is 0 Å². The van der Waals surface area contributed by atoms with Crippen LogP contribution < -0.4 is 5.32 Å². The molecule has 1 nitrogen and oxygen atoms in total. The molecule has 2 saturated carbocycles. The molecule has 0 spiro atoms. The average Bonchev–Trinajstić information content (AvgIpc) is 3.00. The molecular weight excluding hydrogens is 263 g/mol. The van der Waals surface area contributed by atoms with Crippen molar-refractivity contribution >= 4 is 0 Å². The molecule has 1 aromatic carbocycles. The van der Waals surface area contributed by atoms with E-state index in [0.717, 1.165) is 42.0 Å². The molecule has 2 fully saturated rings. The van der Waals surface area contributed by atoms with Crippen molar-refractivity contribution in [2.24, 2.45) is 17.8 Å². The van der Waals surface area contributed by atoms with Crippen molar-refractivity contribution in [3.8, 4) is 0 Å². The number of nitrogens with one attached hydrogen (secondary N) is 1. The lowest BCUT2D eigenvalue weighted by molar-refractivity contribution is -0.137. The molecule has 0 saturated heterocycles. The Morgan fingerprint density at radius 3 is 2.35 bits per heavy atom. The topological polar surface area (TPSA) is 12.0 Å². The molecule has 2 aliphatic rings. The summed E-state index contributed by atoms with van der Waals surface area (Å²) in [6.45, 7) is 1.66. The summed E-state index contributed by atoms with van der Waals surface area (Å²) in [6, 6.07) is 5.45. The largest absolute Gasteiger partial charge is 0.416 e. The van der Waals surface area contributed by atoms with Gasteiger partial charge in [-0.15, -0.1) is 0 Å². The molecule has 1 aromatic rings. The van der Waals surface area contributed by atoms with Gasteiger partial charge in [0.05, 0.1) is 5.56 Å². The summed E-state index contributed by atoms with van der Waals surface area (Å²) in [4.78, 5) is 0. The van der Waals surface area contributed by atoms with Crippen molar-refractivity contribution in [3.05, 3.63) is 35.4 Å². The van der Waals surface area contributed by atoms with Crippen molar-refractivity contribution in [1.29, 1.82) is 0 Å². The summed E-state index contributed by atoms with van der Waals surface area (Å²) in [5.41, 5.74) is 0.343. The zero-order valence-electron chi connectivity index (χ0n) is 11.4. The summed E-state index contributed by atoms with van der Waals surface area (Å²) >= 11 is 0. The minimum Gasteiger partial charge on any atom is -0.312 e. The quantitative estimate of drug-likeness (QED) is 0.872. The molecule has 20 heavy (non-hydrogen) atoms. The van der Waals surface area contributed by atoms with Gasteiger partial charge >= 0.3 is 6.18 Å². The standard InChI is InChI=1S/C16H20F3N/c17-16(18,19)15-5-2-11(3-6-15)9-20-10-14-8-12-1-4-13(14)7-12/h2-3,5-6,12-14,20H,1,4,7-10H2. The lowest BCUT2D eigenvalue weighted by atomic mass is 9.89. The number of benzene rings is 1. The van der Waals surface area contributed by atoms with Crippen LogP contribution in [-0.2, 0) is 12.7 Å². The summed E-state index contributed by atoms with van der Waals surface area (Å²) in [5.74, 6) is 2.61. The van der Waals surface area contributed by atoms with Gasteiger partial charge in [-0.2, -0.15) is 13.2 Å². The summed E-state index contributed by atoms with van der Waals surface area (Å²) in [5, 5.41) is 3.41. The van der Waals surface area contributed by atoms with E-state index < -0.39 is 11.7 Å². The molecule has 1 N–H and O–H groups in total.